The molecule has 0 aliphatic rings. The molecule has 1 heterocycles. The molecule has 1 aromatic rings. The summed E-state index contributed by atoms with van der Waals surface area (Å²) in [5.74, 6) is 0.223. The van der Waals surface area contributed by atoms with Crippen molar-refractivity contribution in [3.05, 3.63) is 30.5 Å². The first-order valence-electron chi connectivity index (χ1n) is 5.57. The second kappa shape index (κ2) is 5.26. The lowest BCUT2D eigenvalue weighted by molar-refractivity contribution is 0.229. The van der Waals surface area contributed by atoms with Crippen LogP contribution in [0.5, 0.6) is 0 Å². The highest BCUT2D eigenvalue weighted by Gasteiger charge is 2.35. The van der Waals surface area contributed by atoms with Crippen molar-refractivity contribution in [1.82, 2.24) is 4.31 Å². The van der Waals surface area contributed by atoms with Crippen molar-refractivity contribution in [2.75, 3.05) is 6.54 Å². The summed E-state index contributed by atoms with van der Waals surface area (Å²) in [7, 11) is -3.73. The van der Waals surface area contributed by atoms with Gasteiger partial charge in [0.05, 0.1) is 0 Å². The van der Waals surface area contributed by atoms with Crippen molar-refractivity contribution >= 4 is 10.0 Å². The molecule has 0 saturated heterocycles. The standard InChI is InChI=1S/C12H19NO4S/c1-5-8-13(12(2,3)4)18(15,16)11-7-6-10(9-14)17-11/h5-7,14H,1,8-9H2,2-4H3. The van der Waals surface area contributed by atoms with E-state index in [0.717, 1.165) is 0 Å². The quantitative estimate of drug-likeness (QED) is 0.830. The molecule has 0 aliphatic heterocycles. The van der Waals surface area contributed by atoms with Crippen LogP contribution in [0.3, 0.4) is 0 Å². The van der Waals surface area contributed by atoms with Gasteiger partial charge in [0.1, 0.15) is 12.4 Å². The van der Waals surface area contributed by atoms with E-state index in [2.05, 4.69) is 6.58 Å². The first kappa shape index (κ1) is 14.9. The first-order valence-corrected chi connectivity index (χ1v) is 7.01. The second-order valence-electron chi connectivity index (χ2n) is 4.87. The fourth-order valence-corrected chi connectivity index (χ4v) is 3.23. The lowest BCUT2D eigenvalue weighted by Crippen LogP contribution is -2.45. The third kappa shape index (κ3) is 3.01. The largest absolute Gasteiger partial charge is 0.446 e. The van der Waals surface area contributed by atoms with Gasteiger partial charge in [-0.15, -0.1) is 6.58 Å². The Kier molecular flexibility index (Phi) is 4.37. The van der Waals surface area contributed by atoms with E-state index in [0.29, 0.717) is 0 Å². The van der Waals surface area contributed by atoms with E-state index in [9.17, 15) is 8.42 Å². The van der Waals surface area contributed by atoms with E-state index in [1.54, 1.807) is 20.8 Å². The van der Waals surface area contributed by atoms with Crippen LogP contribution in [0.15, 0.2) is 34.3 Å². The van der Waals surface area contributed by atoms with Gasteiger partial charge < -0.3 is 9.52 Å². The van der Waals surface area contributed by atoms with Crippen LogP contribution in [0.1, 0.15) is 26.5 Å². The highest BCUT2D eigenvalue weighted by atomic mass is 32.2. The van der Waals surface area contributed by atoms with Gasteiger partial charge in [-0.1, -0.05) is 6.08 Å². The molecule has 6 heteroatoms. The molecule has 1 rings (SSSR count). The van der Waals surface area contributed by atoms with Crippen LogP contribution in [0.2, 0.25) is 0 Å². The molecule has 18 heavy (non-hydrogen) atoms. The van der Waals surface area contributed by atoms with Crippen LogP contribution in [0.4, 0.5) is 0 Å². The van der Waals surface area contributed by atoms with Gasteiger partial charge in [-0.25, -0.2) is 8.42 Å². The summed E-state index contributed by atoms with van der Waals surface area (Å²) in [6, 6.07) is 2.80. The van der Waals surface area contributed by atoms with Crippen molar-refractivity contribution < 1.29 is 17.9 Å². The highest BCUT2D eigenvalue weighted by Crippen LogP contribution is 2.25. The molecule has 0 radical (unpaired) electrons. The van der Waals surface area contributed by atoms with E-state index in [1.807, 2.05) is 0 Å². The summed E-state index contributed by atoms with van der Waals surface area (Å²) >= 11 is 0. The third-order valence-corrected chi connectivity index (χ3v) is 4.39. The Balaban J connectivity index is 3.21. The number of hydrogen-bond acceptors (Lipinski definition) is 4. The number of aliphatic hydroxyl groups is 1. The molecule has 102 valence electrons. The Morgan fingerprint density at radius 3 is 2.44 bits per heavy atom. The van der Waals surface area contributed by atoms with E-state index >= 15 is 0 Å². The van der Waals surface area contributed by atoms with Crippen LogP contribution >= 0.6 is 0 Å². The molecule has 0 atom stereocenters. The molecule has 0 amide bonds. The lowest BCUT2D eigenvalue weighted by atomic mass is 10.1. The van der Waals surface area contributed by atoms with Gasteiger partial charge >= 0.3 is 0 Å². The van der Waals surface area contributed by atoms with Crippen LogP contribution in [0.25, 0.3) is 0 Å². The van der Waals surface area contributed by atoms with Crippen molar-refractivity contribution in [3.63, 3.8) is 0 Å². The third-order valence-electron chi connectivity index (χ3n) is 2.38. The number of hydrogen-bond donors (Lipinski definition) is 1. The molecular weight excluding hydrogens is 254 g/mol. The molecule has 0 saturated carbocycles. The maximum atomic E-state index is 12.4. The molecule has 0 aromatic carbocycles. The van der Waals surface area contributed by atoms with Gasteiger partial charge in [-0.2, -0.15) is 4.31 Å². The average molecular weight is 273 g/mol. The Hall–Kier alpha value is -1.11. The normalized spacial score (nSPS) is 12.9. The summed E-state index contributed by atoms with van der Waals surface area (Å²) in [5.41, 5.74) is -0.584. The molecular formula is C12H19NO4S. The minimum atomic E-state index is -3.73. The zero-order valence-corrected chi connectivity index (χ0v) is 11.7. The summed E-state index contributed by atoms with van der Waals surface area (Å²) in [5, 5.41) is 8.74. The van der Waals surface area contributed by atoms with Gasteiger partial charge in [-0.3, -0.25) is 0 Å². The average Bonchev–Trinajstić information content (AvgIpc) is 2.73. The minimum absolute atomic E-state index is 0.164. The highest BCUT2D eigenvalue weighted by molar-refractivity contribution is 7.89. The summed E-state index contributed by atoms with van der Waals surface area (Å²) < 4.78 is 31.2. The molecule has 0 aliphatic carbocycles. The summed E-state index contributed by atoms with van der Waals surface area (Å²) in [6.45, 7) is 8.82. The Labute approximate surface area is 108 Å². The molecule has 0 fully saturated rings. The predicted molar refractivity (Wildman–Crippen MR) is 68.5 cm³/mol. The maximum Gasteiger partial charge on any atom is 0.277 e. The van der Waals surface area contributed by atoms with Gasteiger partial charge in [0.2, 0.25) is 5.09 Å². The summed E-state index contributed by atoms with van der Waals surface area (Å²) in [6.07, 6.45) is 1.53. The molecule has 5 nitrogen and oxygen atoms in total. The fourth-order valence-electron chi connectivity index (χ4n) is 1.54. The first-order chi connectivity index (χ1) is 8.23. The SMILES string of the molecule is C=CCN(C(C)(C)C)S(=O)(=O)c1ccc(CO)o1. The van der Waals surface area contributed by atoms with Crippen LogP contribution < -0.4 is 0 Å². The van der Waals surface area contributed by atoms with E-state index in [4.69, 9.17) is 9.52 Å². The van der Waals surface area contributed by atoms with Crippen molar-refractivity contribution in [2.45, 2.75) is 38.0 Å². The van der Waals surface area contributed by atoms with E-state index in [-0.39, 0.29) is 24.0 Å². The minimum Gasteiger partial charge on any atom is -0.446 e. The number of furan rings is 1. The Bertz CT molecular complexity index is 510. The smallest absolute Gasteiger partial charge is 0.277 e. The van der Waals surface area contributed by atoms with Crippen molar-refractivity contribution in [1.29, 1.82) is 0 Å². The monoisotopic (exact) mass is 273 g/mol. The lowest BCUT2D eigenvalue weighted by Gasteiger charge is -2.32. The van der Waals surface area contributed by atoms with E-state index in [1.165, 1.54) is 22.5 Å². The fraction of sp³-hybridized carbons (Fsp3) is 0.500. The van der Waals surface area contributed by atoms with Gasteiger partial charge in [-0.05, 0) is 32.9 Å². The van der Waals surface area contributed by atoms with Crippen molar-refractivity contribution in [2.24, 2.45) is 0 Å². The van der Waals surface area contributed by atoms with Crippen LogP contribution in [0, 0.1) is 0 Å². The maximum absolute atomic E-state index is 12.4. The second-order valence-corrected chi connectivity index (χ2v) is 6.67. The van der Waals surface area contributed by atoms with Gasteiger partial charge in [0.25, 0.3) is 10.0 Å². The molecule has 0 spiro atoms. The molecule has 0 unspecified atom stereocenters. The number of aliphatic hydroxyl groups excluding tert-OH is 1. The molecule has 1 N–H and O–H groups in total. The zero-order valence-electron chi connectivity index (χ0n) is 10.9. The number of rotatable bonds is 5. The topological polar surface area (TPSA) is 70.8 Å². The molecule has 1 aromatic heterocycles. The Morgan fingerprint density at radius 1 is 1.44 bits per heavy atom. The summed E-state index contributed by atoms with van der Waals surface area (Å²) in [4.78, 5) is 0. The van der Waals surface area contributed by atoms with Crippen LogP contribution in [-0.2, 0) is 16.6 Å². The number of nitrogens with zero attached hydrogens (tertiary/aromatic N) is 1. The van der Waals surface area contributed by atoms with E-state index < -0.39 is 15.6 Å². The zero-order chi connectivity index (χ0) is 14.0. The number of sulfonamides is 1. The Morgan fingerprint density at radius 2 is 2.06 bits per heavy atom. The van der Waals surface area contributed by atoms with Gasteiger partial charge in [0.15, 0.2) is 0 Å². The predicted octanol–water partition coefficient (Wildman–Crippen LogP) is 1.75. The van der Waals surface area contributed by atoms with Crippen LogP contribution in [-0.4, -0.2) is 29.9 Å². The molecule has 0 bridgehead atoms. The van der Waals surface area contributed by atoms with Gasteiger partial charge in [0, 0.05) is 12.1 Å². The van der Waals surface area contributed by atoms with Crippen molar-refractivity contribution in [3.8, 4) is 0 Å².